The normalized spacial score (nSPS) is 15.4. The summed E-state index contributed by atoms with van der Waals surface area (Å²) >= 11 is 6.92. The second-order valence-electron chi connectivity index (χ2n) is 9.01. The number of amides is 1. The number of sulfonamides is 1. The number of hydrogen-bond donors (Lipinski definition) is 2. The Bertz CT molecular complexity index is 1610. The van der Waals surface area contributed by atoms with Gasteiger partial charge in [0.25, 0.3) is 10.0 Å². The molecule has 0 unspecified atom stereocenters. The highest BCUT2D eigenvalue weighted by atomic mass is 35.5. The van der Waals surface area contributed by atoms with Gasteiger partial charge in [0.1, 0.15) is 16.1 Å². The van der Waals surface area contributed by atoms with Crippen molar-refractivity contribution in [1.82, 2.24) is 19.6 Å². The number of aryl methyl sites for hydroxylation is 1. The van der Waals surface area contributed by atoms with Crippen molar-refractivity contribution in [2.24, 2.45) is 0 Å². The molecule has 1 aliphatic rings. The Morgan fingerprint density at radius 2 is 1.92 bits per heavy atom. The van der Waals surface area contributed by atoms with Gasteiger partial charge in [-0.2, -0.15) is 4.31 Å². The Hall–Kier alpha value is -3.57. The molecule has 1 atom stereocenters. The molecule has 0 radical (unpaired) electrons. The number of nitrogens with one attached hydrogen (secondary N) is 2. The first-order valence-electron chi connectivity index (χ1n) is 12.2. The molecule has 4 heterocycles. The van der Waals surface area contributed by atoms with E-state index in [2.05, 4.69) is 15.6 Å². The molecule has 1 amide bonds. The van der Waals surface area contributed by atoms with Crippen LogP contribution in [0.4, 0.5) is 5.82 Å². The number of pyridine rings is 2. The van der Waals surface area contributed by atoms with Crippen molar-refractivity contribution in [2.45, 2.75) is 30.3 Å². The number of rotatable bonds is 9. The van der Waals surface area contributed by atoms with Crippen LogP contribution in [0.15, 0.2) is 89.3 Å². The number of nitrogens with zero attached hydrogens (tertiary/aromatic N) is 3. The van der Waals surface area contributed by atoms with Crippen molar-refractivity contribution in [3.05, 3.63) is 106 Å². The number of carbonyl (C=O) groups excluding carboxylic acids is 1. The lowest BCUT2D eigenvalue weighted by atomic mass is 10.1. The van der Waals surface area contributed by atoms with Crippen LogP contribution in [0.5, 0.6) is 0 Å². The summed E-state index contributed by atoms with van der Waals surface area (Å²) < 4.78 is 27.9. The molecule has 0 aliphatic carbocycles. The third-order valence-electron chi connectivity index (χ3n) is 6.17. The minimum absolute atomic E-state index is 0.106. The Kier molecular flexibility index (Phi) is 8.08. The van der Waals surface area contributed by atoms with E-state index in [1.54, 1.807) is 18.3 Å². The average molecular weight is 580 g/mol. The number of carbonyl (C=O) groups is 1. The SMILES string of the molecule is Cc1ccc(-c2cc(CNC(=O)[C@@H]3C=CCN3S(=O)(=O)c3ccc(Cl)s3)cc(NCc3ccccn3)n2)cc1. The van der Waals surface area contributed by atoms with Crippen molar-refractivity contribution in [1.29, 1.82) is 0 Å². The smallest absolute Gasteiger partial charge is 0.253 e. The molecule has 200 valence electrons. The molecule has 3 aromatic heterocycles. The van der Waals surface area contributed by atoms with Gasteiger partial charge in [0.15, 0.2) is 0 Å². The molecule has 5 rings (SSSR count). The van der Waals surface area contributed by atoms with Crippen LogP contribution in [0.3, 0.4) is 0 Å². The Labute approximate surface area is 236 Å². The van der Waals surface area contributed by atoms with Crippen LogP contribution >= 0.6 is 22.9 Å². The van der Waals surface area contributed by atoms with Crippen LogP contribution in [-0.2, 0) is 27.9 Å². The van der Waals surface area contributed by atoms with Gasteiger partial charge >= 0.3 is 0 Å². The van der Waals surface area contributed by atoms with Gasteiger partial charge in [0, 0.05) is 24.8 Å². The summed E-state index contributed by atoms with van der Waals surface area (Å²) in [6.45, 7) is 2.83. The monoisotopic (exact) mass is 579 g/mol. The fraction of sp³-hybridized carbons (Fsp3) is 0.179. The number of thiophene rings is 1. The molecule has 0 bridgehead atoms. The van der Waals surface area contributed by atoms with Crippen molar-refractivity contribution < 1.29 is 13.2 Å². The highest BCUT2D eigenvalue weighted by Gasteiger charge is 2.37. The van der Waals surface area contributed by atoms with Crippen molar-refractivity contribution in [2.75, 3.05) is 11.9 Å². The van der Waals surface area contributed by atoms with Gasteiger partial charge in [0.2, 0.25) is 5.91 Å². The lowest BCUT2D eigenvalue weighted by Gasteiger charge is -2.22. The van der Waals surface area contributed by atoms with Gasteiger partial charge in [-0.05, 0) is 48.9 Å². The van der Waals surface area contributed by atoms with E-state index < -0.39 is 22.0 Å². The molecule has 1 aliphatic heterocycles. The van der Waals surface area contributed by atoms with E-state index in [-0.39, 0.29) is 17.3 Å². The summed E-state index contributed by atoms with van der Waals surface area (Å²) in [6, 6.07) is 19.6. The Morgan fingerprint density at radius 3 is 2.64 bits per heavy atom. The predicted octanol–water partition coefficient (Wildman–Crippen LogP) is 5.02. The van der Waals surface area contributed by atoms with Gasteiger partial charge in [-0.3, -0.25) is 9.78 Å². The maximum absolute atomic E-state index is 13.2. The van der Waals surface area contributed by atoms with E-state index >= 15 is 0 Å². The molecular weight excluding hydrogens is 554 g/mol. The molecule has 0 fully saturated rings. The molecule has 39 heavy (non-hydrogen) atoms. The summed E-state index contributed by atoms with van der Waals surface area (Å²) in [7, 11) is -3.86. The van der Waals surface area contributed by atoms with Crippen LogP contribution < -0.4 is 10.6 Å². The molecule has 11 heteroatoms. The largest absolute Gasteiger partial charge is 0.364 e. The third-order valence-corrected chi connectivity index (χ3v) is 9.72. The molecule has 0 saturated carbocycles. The zero-order chi connectivity index (χ0) is 27.4. The zero-order valence-corrected chi connectivity index (χ0v) is 23.4. The van der Waals surface area contributed by atoms with Crippen molar-refractivity contribution in [3.63, 3.8) is 0 Å². The van der Waals surface area contributed by atoms with Crippen molar-refractivity contribution in [3.8, 4) is 11.3 Å². The van der Waals surface area contributed by atoms with Gasteiger partial charge in [-0.25, -0.2) is 13.4 Å². The second-order valence-corrected chi connectivity index (χ2v) is 12.8. The predicted molar refractivity (Wildman–Crippen MR) is 154 cm³/mol. The quantitative estimate of drug-likeness (QED) is 0.270. The standard InChI is InChI=1S/C28H26ClN5O3S2/c1-19-7-9-21(10-8-19)23-15-20(16-26(33-23)31-18-22-5-2-3-13-30-22)17-32-28(35)24-6-4-14-34(24)39(36,37)27-12-11-25(29)38-27/h2-13,15-16,24H,14,17-18H2,1H3,(H,31,33)(H,32,35)/t24-/m0/s1. The average Bonchev–Trinajstić information content (AvgIpc) is 3.62. The fourth-order valence-corrected chi connectivity index (χ4v) is 7.26. The molecule has 1 aromatic carbocycles. The lowest BCUT2D eigenvalue weighted by Crippen LogP contribution is -2.45. The molecule has 2 N–H and O–H groups in total. The van der Waals surface area contributed by atoms with E-state index in [9.17, 15) is 13.2 Å². The first kappa shape index (κ1) is 27.0. The first-order valence-corrected chi connectivity index (χ1v) is 14.9. The number of aromatic nitrogens is 2. The first-order chi connectivity index (χ1) is 18.8. The number of hydrogen-bond acceptors (Lipinski definition) is 7. The molecule has 4 aromatic rings. The fourth-order valence-electron chi connectivity index (χ4n) is 4.15. The zero-order valence-electron chi connectivity index (χ0n) is 21.0. The van der Waals surface area contributed by atoms with Crippen LogP contribution in [0.1, 0.15) is 16.8 Å². The van der Waals surface area contributed by atoms with E-state index in [1.165, 1.54) is 16.4 Å². The van der Waals surface area contributed by atoms with E-state index in [0.717, 1.165) is 39.4 Å². The second kappa shape index (κ2) is 11.7. The maximum Gasteiger partial charge on any atom is 0.253 e. The molecule has 0 spiro atoms. The summed E-state index contributed by atoms with van der Waals surface area (Å²) in [5.41, 5.74) is 4.53. The number of anilines is 1. The molecule has 8 nitrogen and oxygen atoms in total. The summed E-state index contributed by atoms with van der Waals surface area (Å²) in [4.78, 5) is 22.3. The maximum atomic E-state index is 13.2. The third kappa shape index (κ3) is 6.36. The summed E-state index contributed by atoms with van der Waals surface area (Å²) in [5, 5.41) is 6.22. The minimum Gasteiger partial charge on any atom is -0.364 e. The van der Waals surface area contributed by atoms with Crippen LogP contribution in [0.2, 0.25) is 4.34 Å². The molecular formula is C28H26ClN5O3S2. The Balaban J connectivity index is 1.34. The van der Waals surface area contributed by atoms with Crippen LogP contribution in [-0.4, -0.2) is 41.2 Å². The van der Waals surface area contributed by atoms with Gasteiger partial charge < -0.3 is 10.6 Å². The summed E-state index contributed by atoms with van der Waals surface area (Å²) in [5.74, 6) is 0.231. The lowest BCUT2D eigenvalue weighted by molar-refractivity contribution is -0.123. The Morgan fingerprint density at radius 1 is 1.10 bits per heavy atom. The van der Waals surface area contributed by atoms with Crippen LogP contribution in [0.25, 0.3) is 11.3 Å². The number of benzene rings is 1. The topological polar surface area (TPSA) is 104 Å². The van der Waals surface area contributed by atoms with E-state index in [1.807, 2.05) is 61.5 Å². The van der Waals surface area contributed by atoms with Gasteiger partial charge in [0.05, 0.1) is 22.3 Å². The highest BCUT2D eigenvalue weighted by Crippen LogP contribution is 2.30. The molecule has 0 saturated heterocycles. The highest BCUT2D eigenvalue weighted by molar-refractivity contribution is 7.91. The van der Waals surface area contributed by atoms with Crippen LogP contribution in [0, 0.1) is 6.92 Å². The van der Waals surface area contributed by atoms with Gasteiger partial charge in [-0.15, -0.1) is 11.3 Å². The van der Waals surface area contributed by atoms with Crippen molar-refractivity contribution >= 4 is 44.7 Å². The van der Waals surface area contributed by atoms with Gasteiger partial charge in [-0.1, -0.05) is 59.6 Å². The summed E-state index contributed by atoms with van der Waals surface area (Å²) in [6.07, 6.45) is 5.02. The van der Waals surface area contributed by atoms with E-state index in [0.29, 0.717) is 16.7 Å². The minimum atomic E-state index is -3.86. The van der Waals surface area contributed by atoms with E-state index in [4.69, 9.17) is 16.6 Å². The number of halogens is 1.